The standard InChI is InChI=1S/C22H19N3O3/c1-24-18-10-9-16(13-19(18)25(2)22(24)28)23-21(27)17-12-15(8-11-20(17)26)14-6-4-3-5-7-14/h3-13,26H,1-2H3,(H,23,27). The lowest BCUT2D eigenvalue weighted by Crippen LogP contribution is -2.19. The van der Waals surface area contributed by atoms with E-state index < -0.39 is 5.91 Å². The maximum absolute atomic E-state index is 12.8. The van der Waals surface area contributed by atoms with Crippen molar-refractivity contribution in [3.05, 3.63) is 82.8 Å². The van der Waals surface area contributed by atoms with Gasteiger partial charge in [-0.25, -0.2) is 4.79 Å². The minimum Gasteiger partial charge on any atom is -0.507 e. The second kappa shape index (κ2) is 6.74. The summed E-state index contributed by atoms with van der Waals surface area (Å²) < 4.78 is 3.08. The van der Waals surface area contributed by atoms with E-state index in [1.165, 1.54) is 10.6 Å². The van der Waals surface area contributed by atoms with E-state index in [1.54, 1.807) is 49.0 Å². The monoisotopic (exact) mass is 373 g/mol. The van der Waals surface area contributed by atoms with Gasteiger partial charge in [-0.3, -0.25) is 13.9 Å². The first-order valence-electron chi connectivity index (χ1n) is 8.81. The molecule has 0 saturated carbocycles. The Kier molecular flexibility index (Phi) is 4.24. The Morgan fingerprint density at radius 1 is 0.857 bits per heavy atom. The molecule has 140 valence electrons. The highest BCUT2D eigenvalue weighted by atomic mass is 16.3. The molecule has 1 amide bonds. The number of nitrogens with one attached hydrogen (secondary N) is 1. The average molecular weight is 373 g/mol. The van der Waals surface area contributed by atoms with Gasteiger partial charge in [-0.2, -0.15) is 0 Å². The normalized spacial score (nSPS) is 10.9. The topological polar surface area (TPSA) is 76.3 Å². The van der Waals surface area contributed by atoms with E-state index >= 15 is 0 Å². The number of benzene rings is 3. The van der Waals surface area contributed by atoms with Crippen molar-refractivity contribution in [2.45, 2.75) is 0 Å². The van der Waals surface area contributed by atoms with E-state index in [9.17, 15) is 14.7 Å². The number of aromatic hydroxyl groups is 1. The van der Waals surface area contributed by atoms with Crippen LogP contribution >= 0.6 is 0 Å². The summed E-state index contributed by atoms with van der Waals surface area (Å²) in [4.78, 5) is 24.8. The number of aryl methyl sites for hydroxylation is 2. The van der Waals surface area contributed by atoms with Gasteiger partial charge in [0.2, 0.25) is 0 Å². The smallest absolute Gasteiger partial charge is 0.328 e. The number of phenols is 1. The molecule has 0 unspecified atom stereocenters. The van der Waals surface area contributed by atoms with Crippen molar-refractivity contribution >= 4 is 22.6 Å². The quantitative estimate of drug-likeness (QED) is 0.577. The van der Waals surface area contributed by atoms with Crippen molar-refractivity contribution in [1.82, 2.24) is 9.13 Å². The van der Waals surface area contributed by atoms with Crippen LogP contribution in [0, 0.1) is 0 Å². The molecule has 2 N–H and O–H groups in total. The summed E-state index contributed by atoms with van der Waals surface area (Å²) in [6.45, 7) is 0. The van der Waals surface area contributed by atoms with Gasteiger partial charge in [-0.1, -0.05) is 36.4 Å². The van der Waals surface area contributed by atoms with Gasteiger partial charge in [-0.15, -0.1) is 0 Å². The summed E-state index contributed by atoms with van der Waals surface area (Å²) in [6, 6.07) is 19.9. The Bertz CT molecular complexity index is 1250. The van der Waals surface area contributed by atoms with Gasteiger partial charge in [0.05, 0.1) is 16.6 Å². The maximum Gasteiger partial charge on any atom is 0.328 e. The lowest BCUT2D eigenvalue weighted by Gasteiger charge is -2.10. The largest absolute Gasteiger partial charge is 0.507 e. The number of carbonyl (C=O) groups excluding carboxylic acids is 1. The summed E-state index contributed by atoms with van der Waals surface area (Å²) in [5.74, 6) is -0.513. The Morgan fingerprint density at radius 2 is 1.57 bits per heavy atom. The van der Waals surface area contributed by atoms with Gasteiger partial charge < -0.3 is 10.4 Å². The molecule has 3 aromatic carbocycles. The Labute approximate surface area is 161 Å². The molecule has 0 fully saturated rings. The molecular formula is C22H19N3O3. The van der Waals surface area contributed by atoms with Crippen LogP contribution in [-0.2, 0) is 14.1 Å². The highest BCUT2D eigenvalue weighted by Crippen LogP contribution is 2.27. The molecule has 4 rings (SSSR count). The van der Waals surface area contributed by atoms with Gasteiger partial charge in [0.1, 0.15) is 5.75 Å². The third kappa shape index (κ3) is 2.95. The van der Waals surface area contributed by atoms with Crippen molar-refractivity contribution in [2.75, 3.05) is 5.32 Å². The zero-order valence-corrected chi connectivity index (χ0v) is 15.5. The third-order valence-corrected chi connectivity index (χ3v) is 4.88. The zero-order chi connectivity index (χ0) is 19.8. The Balaban J connectivity index is 1.68. The first-order chi connectivity index (χ1) is 13.5. The number of anilines is 1. The van der Waals surface area contributed by atoms with E-state index in [2.05, 4.69) is 5.32 Å². The predicted octanol–water partition coefficient (Wildman–Crippen LogP) is 3.50. The van der Waals surface area contributed by atoms with Crippen LogP contribution in [0.3, 0.4) is 0 Å². The number of rotatable bonds is 3. The molecule has 1 heterocycles. The molecule has 0 bridgehead atoms. The summed E-state index contributed by atoms with van der Waals surface area (Å²) >= 11 is 0. The molecule has 0 aliphatic carbocycles. The molecule has 0 atom stereocenters. The number of carbonyl (C=O) groups is 1. The van der Waals surface area contributed by atoms with Crippen LogP contribution in [0.4, 0.5) is 5.69 Å². The molecule has 6 nitrogen and oxygen atoms in total. The molecule has 0 aliphatic rings. The van der Waals surface area contributed by atoms with Crippen LogP contribution in [0.5, 0.6) is 5.75 Å². The minimum absolute atomic E-state index is 0.0922. The number of hydrogen-bond acceptors (Lipinski definition) is 3. The number of fused-ring (bicyclic) bond motifs is 1. The number of phenolic OH excluding ortho intramolecular Hbond substituents is 1. The number of amides is 1. The van der Waals surface area contributed by atoms with E-state index in [4.69, 9.17) is 0 Å². The Hall–Kier alpha value is -3.80. The summed E-state index contributed by atoms with van der Waals surface area (Å²) in [5.41, 5.74) is 3.88. The number of hydrogen-bond donors (Lipinski definition) is 2. The fourth-order valence-corrected chi connectivity index (χ4v) is 3.31. The molecule has 0 saturated heterocycles. The highest BCUT2D eigenvalue weighted by Gasteiger charge is 2.14. The number of aromatic nitrogens is 2. The highest BCUT2D eigenvalue weighted by molar-refractivity contribution is 6.07. The van der Waals surface area contributed by atoms with Gasteiger partial charge in [0.15, 0.2) is 0 Å². The molecule has 0 aliphatic heterocycles. The van der Waals surface area contributed by atoms with Gasteiger partial charge >= 0.3 is 5.69 Å². The van der Waals surface area contributed by atoms with E-state index in [0.29, 0.717) is 11.2 Å². The second-order valence-corrected chi connectivity index (χ2v) is 6.66. The van der Waals surface area contributed by atoms with Crippen LogP contribution in [0.15, 0.2) is 71.5 Å². The molecule has 1 aromatic heterocycles. The molecule has 4 aromatic rings. The molecular weight excluding hydrogens is 354 g/mol. The lowest BCUT2D eigenvalue weighted by molar-refractivity contribution is 0.102. The number of imidazole rings is 1. The van der Waals surface area contributed by atoms with Crippen LogP contribution in [-0.4, -0.2) is 20.1 Å². The van der Waals surface area contributed by atoms with Crippen LogP contribution in [0.1, 0.15) is 10.4 Å². The predicted molar refractivity (Wildman–Crippen MR) is 110 cm³/mol. The molecule has 6 heteroatoms. The molecule has 28 heavy (non-hydrogen) atoms. The van der Waals surface area contributed by atoms with E-state index in [1.807, 2.05) is 30.3 Å². The maximum atomic E-state index is 12.8. The van der Waals surface area contributed by atoms with Crippen molar-refractivity contribution in [2.24, 2.45) is 14.1 Å². The van der Waals surface area contributed by atoms with Crippen molar-refractivity contribution in [1.29, 1.82) is 0 Å². The van der Waals surface area contributed by atoms with Crippen LogP contribution in [0.25, 0.3) is 22.2 Å². The fraction of sp³-hybridized carbons (Fsp3) is 0.0909. The summed E-state index contributed by atoms with van der Waals surface area (Å²) in [6.07, 6.45) is 0. The van der Waals surface area contributed by atoms with Gasteiger partial charge in [-0.05, 0) is 41.5 Å². The van der Waals surface area contributed by atoms with E-state index in [-0.39, 0.29) is 17.0 Å². The SMILES string of the molecule is Cn1c(=O)n(C)c2cc(NC(=O)c3cc(-c4ccccc4)ccc3O)ccc21. The van der Waals surface area contributed by atoms with Crippen molar-refractivity contribution in [3.63, 3.8) is 0 Å². The summed E-state index contributed by atoms with van der Waals surface area (Å²) in [7, 11) is 3.39. The Morgan fingerprint density at radius 3 is 2.32 bits per heavy atom. The molecule has 0 radical (unpaired) electrons. The molecule has 0 spiro atoms. The summed E-state index contributed by atoms with van der Waals surface area (Å²) in [5, 5.41) is 13.0. The zero-order valence-electron chi connectivity index (χ0n) is 15.5. The third-order valence-electron chi connectivity index (χ3n) is 4.88. The number of nitrogens with zero attached hydrogens (tertiary/aromatic N) is 2. The minimum atomic E-state index is -0.421. The van der Waals surface area contributed by atoms with Crippen LogP contribution in [0.2, 0.25) is 0 Å². The first kappa shape index (κ1) is 17.6. The van der Waals surface area contributed by atoms with Crippen molar-refractivity contribution in [3.8, 4) is 16.9 Å². The van der Waals surface area contributed by atoms with Crippen molar-refractivity contribution < 1.29 is 9.90 Å². The lowest BCUT2D eigenvalue weighted by atomic mass is 10.0. The van der Waals surface area contributed by atoms with Crippen LogP contribution < -0.4 is 11.0 Å². The van der Waals surface area contributed by atoms with Gasteiger partial charge in [0, 0.05) is 19.8 Å². The average Bonchev–Trinajstić information content (AvgIpc) is 2.93. The second-order valence-electron chi connectivity index (χ2n) is 6.66. The first-order valence-corrected chi connectivity index (χ1v) is 8.81. The fourth-order valence-electron chi connectivity index (χ4n) is 3.31. The van der Waals surface area contributed by atoms with Gasteiger partial charge in [0.25, 0.3) is 5.91 Å². The van der Waals surface area contributed by atoms with E-state index in [0.717, 1.165) is 16.6 Å².